The van der Waals surface area contributed by atoms with E-state index in [9.17, 15) is 4.79 Å². The minimum Gasteiger partial charge on any atom is -0.431 e. The second-order valence-corrected chi connectivity index (χ2v) is 6.48. The molecule has 16 heavy (non-hydrogen) atoms. The van der Waals surface area contributed by atoms with Gasteiger partial charge in [0.25, 0.3) is 0 Å². The Bertz CT molecular complexity index is 309. The predicted molar refractivity (Wildman–Crippen MR) is 65.8 cm³/mol. The van der Waals surface area contributed by atoms with Gasteiger partial charge >= 0.3 is 5.97 Å². The van der Waals surface area contributed by atoms with Crippen LogP contribution in [0, 0.1) is 16.7 Å². The van der Waals surface area contributed by atoms with Crippen LogP contribution in [0.15, 0.2) is 11.8 Å². The fourth-order valence-electron chi connectivity index (χ4n) is 2.93. The van der Waals surface area contributed by atoms with Crippen LogP contribution in [0.1, 0.15) is 54.4 Å². The monoisotopic (exact) mass is 224 g/mol. The van der Waals surface area contributed by atoms with Crippen molar-refractivity contribution in [1.82, 2.24) is 0 Å². The summed E-state index contributed by atoms with van der Waals surface area (Å²) in [5, 5.41) is 0. The lowest BCUT2D eigenvalue weighted by atomic mass is 9.68. The third kappa shape index (κ3) is 2.87. The summed E-state index contributed by atoms with van der Waals surface area (Å²) in [7, 11) is 0. The van der Waals surface area contributed by atoms with Crippen LogP contribution in [0.3, 0.4) is 0 Å². The first-order valence-corrected chi connectivity index (χ1v) is 6.06. The molecule has 1 aliphatic heterocycles. The Labute approximate surface area is 99.1 Å². The third-order valence-electron chi connectivity index (χ3n) is 3.15. The molecule has 1 saturated heterocycles. The molecule has 0 amide bonds. The highest BCUT2D eigenvalue weighted by Gasteiger charge is 2.42. The molecule has 1 rings (SSSR count). The molecule has 0 radical (unpaired) electrons. The van der Waals surface area contributed by atoms with Crippen LogP contribution in [0.5, 0.6) is 0 Å². The summed E-state index contributed by atoms with van der Waals surface area (Å²) < 4.78 is 5.43. The van der Waals surface area contributed by atoms with Gasteiger partial charge in [0.15, 0.2) is 0 Å². The fraction of sp³-hybridized carbons (Fsp3) is 0.786. The van der Waals surface area contributed by atoms with Gasteiger partial charge in [0.2, 0.25) is 0 Å². The second kappa shape index (κ2) is 4.23. The third-order valence-corrected chi connectivity index (χ3v) is 3.15. The number of esters is 1. The summed E-state index contributed by atoms with van der Waals surface area (Å²) >= 11 is 0. The zero-order valence-corrected chi connectivity index (χ0v) is 11.4. The molecule has 0 N–H and O–H groups in total. The quantitative estimate of drug-likeness (QED) is 0.631. The molecule has 0 aromatic heterocycles. The van der Waals surface area contributed by atoms with Gasteiger partial charge < -0.3 is 4.74 Å². The van der Waals surface area contributed by atoms with Crippen LogP contribution >= 0.6 is 0 Å². The Morgan fingerprint density at radius 3 is 2.50 bits per heavy atom. The maximum Gasteiger partial charge on any atom is 0.313 e. The van der Waals surface area contributed by atoms with Crippen LogP contribution in [-0.2, 0) is 9.53 Å². The number of ether oxygens (including phenoxy) is 1. The van der Waals surface area contributed by atoms with Gasteiger partial charge in [-0.2, -0.15) is 0 Å². The molecule has 0 spiro atoms. The molecule has 2 nitrogen and oxygen atoms in total. The van der Waals surface area contributed by atoms with Gasteiger partial charge in [0, 0.05) is 5.41 Å². The lowest BCUT2D eigenvalue weighted by Crippen LogP contribution is -2.37. The molecule has 2 unspecified atom stereocenters. The minimum absolute atomic E-state index is 0.000324. The minimum atomic E-state index is -0.0838. The van der Waals surface area contributed by atoms with E-state index >= 15 is 0 Å². The Morgan fingerprint density at radius 1 is 1.50 bits per heavy atom. The Kier molecular flexibility index (Phi) is 3.51. The predicted octanol–water partition coefficient (Wildman–Crippen LogP) is 3.92. The largest absolute Gasteiger partial charge is 0.431 e. The molecule has 92 valence electrons. The summed E-state index contributed by atoms with van der Waals surface area (Å²) in [6.45, 7) is 12.8. The summed E-state index contributed by atoms with van der Waals surface area (Å²) in [6, 6.07) is 0. The average Bonchev–Trinajstić information content (AvgIpc) is 2.08. The SMILES string of the molecule is CC=C1OC(=O)C(C)CC1(C)CC(C)(C)C. The van der Waals surface area contributed by atoms with Crippen molar-refractivity contribution in [3.05, 3.63) is 11.8 Å². The lowest BCUT2D eigenvalue weighted by molar-refractivity contribution is -0.152. The summed E-state index contributed by atoms with van der Waals surface area (Å²) in [5.41, 5.74) is 0.243. The highest BCUT2D eigenvalue weighted by Crippen LogP contribution is 2.47. The van der Waals surface area contributed by atoms with E-state index in [0.29, 0.717) is 0 Å². The number of carbonyl (C=O) groups excluding carboxylic acids is 1. The first-order chi connectivity index (χ1) is 7.18. The number of hydrogen-bond donors (Lipinski definition) is 0. The Balaban J connectivity index is 2.95. The van der Waals surface area contributed by atoms with Crippen LogP contribution in [-0.4, -0.2) is 5.97 Å². The summed E-state index contributed by atoms with van der Waals surface area (Å²) in [5.74, 6) is 0.779. The summed E-state index contributed by atoms with van der Waals surface area (Å²) in [4.78, 5) is 11.6. The second-order valence-electron chi connectivity index (χ2n) is 6.48. The molecule has 2 heteroatoms. The number of allylic oxidation sites excluding steroid dienone is 2. The smallest absolute Gasteiger partial charge is 0.313 e. The Hall–Kier alpha value is -0.790. The fourth-order valence-corrected chi connectivity index (χ4v) is 2.93. The van der Waals surface area contributed by atoms with Gasteiger partial charge in [-0.15, -0.1) is 0 Å². The van der Waals surface area contributed by atoms with Crippen LogP contribution in [0.2, 0.25) is 0 Å². The molecule has 1 aliphatic rings. The molecule has 0 aromatic carbocycles. The van der Waals surface area contributed by atoms with Gasteiger partial charge in [0.05, 0.1) is 5.92 Å². The van der Waals surface area contributed by atoms with Crippen molar-refractivity contribution in [2.75, 3.05) is 0 Å². The lowest BCUT2D eigenvalue weighted by Gasteiger charge is -2.41. The van der Waals surface area contributed by atoms with E-state index in [1.54, 1.807) is 0 Å². The van der Waals surface area contributed by atoms with E-state index in [2.05, 4.69) is 27.7 Å². The molecule has 1 fully saturated rings. The van der Waals surface area contributed by atoms with E-state index in [1.807, 2.05) is 19.9 Å². The summed E-state index contributed by atoms with van der Waals surface area (Å²) in [6.07, 6.45) is 3.87. The maximum absolute atomic E-state index is 11.6. The first kappa shape index (κ1) is 13.3. The van der Waals surface area contributed by atoms with Crippen molar-refractivity contribution >= 4 is 5.97 Å². The Morgan fingerprint density at radius 2 is 2.06 bits per heavy atom. The van der Waals surface area contributed by atoms with Gasteiger partial charge in [-0.05, 0) is 31.3 Å². The zero-order chi connectivity index (χ0) is 12.6. The van der Waals surface area contributed by atoms with E-state index in [1.165, 1.54) is 0 Å². The molecule has 0 aromatic rings. The first-order valence-electron chi connectivity index (χ1n) is 6.06. The maximum atomic E-state index is 11.6. The van der Waals surface area contributed by atoms with E-state index in [4.69, 9.17) is 4.74 Å². The van der Waals surface area contributed by atoms with Crippen molar-refractivity contribution in [2.45, 2.75) is 54.4 Å². The van der Waals surface area contributed by atoms with Crippen molar-refractivity contribution < 1.29 is 9.53 Å². The highest BCUT2D eigenvalue weighted by atomic mass is 16.5. The van der Waals surface area contributed by atoms with Gasteiger partial charge in [-0.3, -0.25) is 4.79 Å². The van der Waals surface area contributed by atoms with Gasteiger partial charge in [0.1, 0.15) is 5.76 Å². The van der Waals surface area contributed by atoms with E-state index in [-0.39, 0.29) is 22.7 Å². The standard InChI is InChI=1S/C14H24O2/c1-7-11-14(6,9-13(3,4)5)8-10(2)12(15)16-11/h7,10H,8-9H2,1-6H3. The number of hydrogen-bond acceptors (Lipinski definition) is 2. The zero-order valence-electron chi connectivity index (χ0n) is 11.4. The molecular formula is C14H24O2. The average molecular weight is 224 g/mol. The molecule has 0 saturated carbocycles. The van der Waals surface area contributed by atoms with Crippen molar-refractivity contribution in [3.8, 4) is 0 Å². The molecular weight excluding hydrogens is 200 g/mol. The topological polar surface area (TPSA) is 26.3 Å². The van der Waals surface area contributed by atoms with E-state index in [0.717, 1.165) is 18.6 Å². The van der Waals surface area contributed by atoms with Crippen LogP contribution in [0.25, 0.3) is 0 Å². The van der Waals surface area contributed by atoms with Crippen molar-refractivity contribution in [3.63, 3.8) is 0 Å². The normalized spacial score (nSPS) is 34.0. The van der Waals surface area contributed by atoms with Crippen molar-refractivity contribution in [1.29, 1.82) is 0 Å². The molecule has 0 bridgehead atoms. The number of rotatable bonds is 1. The molecule has 1 heterocycles. The van der Waals surface area contributed by atoms with Crippen molar-refractivity contribution in [2.24, 2.45) is 16.7 Å². The van der Waals surface area contributed by atoms with Gasteiger partial charge in [-0.25, -0.2) is 0 Å². The molecule has 2 atom stereocenters. The number of carbonyl (C=O) groups is 1. The highest BCUT2D eigenvalue weighted by molar-refractivity contribution is 5.74. The number of cyclic esters (lactones) is 1. The van der Waals surface area contributed by atoms with E-state index < -0.39 is 0 Å². The van der Waals surface area contributed by atoms with Crippen LogP contribution in [0.4, 0.5) is 0 Å². The van der Waals surface area contributed by atoms with Gasteiger partial charge in [-0.1, -0.05) is 34.6 Å². The van der Waals surface area contributed by atoms with Crippen LogP contribution < -0.4 is 0 Å². The molecule has 0 aliphatic carbocycles.